The molecule has 0 amide bonds. The average molecular weight is 374 g/mol. The number of aryl methyl sites for hydroxylation is 1. The zero-order chi connectivity index (χ0) is 19.3. The van der Waals surface area contributed by atoms with Crippen LogP contribution in [0.15, 0.2) is 77.9 Å². The number of imidazole rings is 1. The fraction of sp³-hybridized carbons (Fsp3) is 0.182. The van der Waals surface area contributed by atoms with Crippen LogP contribution in [-0.4, -0.2) is 21.6 Å². The molecule has 0 atom stereocenters. The molecule has 4 rings (SSSR count). The molecule has 0 spiro atoms. The molecule has 0 aliphatic heterocycles. The van der Waals surface area contributed by atoms with Gasteiger partial charge in [-0.3, -0.25) is 0 Å². The Morgan fingerprint density at radius 2 is 1.89 bits per heavy atom. The number of anilines is 1. The lowest BCUT2D eigenvalue weighted by atomic mass is 10.1. The lowest BCUT2D eigenvalue weighted by molar-refractivity contribution is 0.414. The van der Waals surface area contributed by atoms with Crippen LogP contribution in [0.2, 0.25) is 0 Å². The summed E-state index contributed by atoms with van der Waals surface area (Å²) in [6.07, 6.45) is 7.17. The van der Waals surface area contributed by atoms with Crippen LogP contribution in [0, 0.1) is 6.92 Å². The van der Waals surface area contributed by atoms with Gasteiger partial charge in [-0.2, -0.15) is 4.98 Å². The molecule has 2 aromatic carbocycles. The van der Waals surface area contributed by atoms with E-state index in [4.69, 9.17) is 9.15 Å². The molecule has 0 aliphatic rings. The molecular weight excluding hydrogens is 352 g/mol. The van der Waals surface area contributed by atoms with E-state index in [1.54, 1.807) is 25.9 Å². The number of hydrogen-bond acceptors (Lipinski definition) is 5. The third-order valence-corrected chi connectivity index (χ3v) is 4.50. The first-order chi connectivity index (χ1) is 13.7. The molecule has 0 unspecified atom stereocenters. The summed E-state index contributed by atoms with van der Waals surface area (Å²) >= 11 is 0. The van der Waals surface area contributed by atoms with Gasteiger partial charge in [0.15, 0.2) is 0 Å². The number of benzene rings is 2. The fourth-order valence-electron chi connectivity index (χ4n) is 3.07. The second-order valence-corrected chi connectivity index (χ2v) is 6.62. The van der Waals surface area contributed by atoms with Crippen molar-refractivity contribution in [3.05, 3.63) is 90.3 Å². The van der Waals surface area contributed by atoms with Crippen molar-refractivity contribution in [2.24, 2.45) is 0 Å². The average Bonchev–Trinajstić information content (AvgIpc) is 3.40. The summed E-state index contributed by atoms with van der Waals surface area (Å²) in [6.45, 7) is 3.28. The van der Waals surface area contributed by atoms with Crippen LogP contribution < -0.4 is 9.64 Å². The Bertz CT molecular complexity index is 1020. The highest BCUT2D eigenvalue weighted by atomic mass is 16.5. The molecule has 2 heterocycles. The molecule has 142 valence electrons. The predicted octanol–water partition coefficient (Wildman–Crippen LogP) is 4.38. The minimum Gasteiger partial charge on any atom is -0.497 e. The van der Waals surface area contributed by atoms with E-state index < -0.39 is 0 Å². The highest BCUT2D eigenvalue weighted by molar-refractivity contribution is 5.39. The maximum Gasteiger partial charge on any atom is 0.298 e. The normalized spacial score (nSPS) is 10.8. The summed E-state index contributed by atoms with van der Waals surface area (Å²) in [5.41, 5.74) is 4.24. The van der Waals surface area contributed by atoms with Gasteiger partial charge in [0, 0.05) is 31.2 Å². The largest absolute Gasteiger partial charge is 0.497 e. The lowest BCUT2D eigenvalue weighted by Gasteiger charge is -2.21. The van der Waals surface area contributed by atoms with E-state index in [1.807, 2.05) is 35.9 Å². The van der Waals surface area contributed by atoms with Gasteiger partial charge < -0.3 is 18.6 Å². The van der Waals surface area contributed by atoms with Crippen LogP contribution in [0.4, 0.5) is 6.01 Å². The van der Waals surface area contributed by atoms with Crippen molar-refractivity contribution in [3.63, 3.8) is 0 Å². The van der Waals surface area contributed by atoms with Gasteiger partial charge in [0.1, 0.15) is 12.0 Å². The third kappa shape index (κ3) is 4.06. The Hall–Kier alpha value is -3.54. The highest BCUT2D eigenvalue weighted by Gasteiger charge is 2.14. The first kappa shape index (κ1) is 17.9. The molecule has 2 aromatic heterocycles. The maximum atomic E-state index is 5.68. The van der Waals surface area contributed by atoms with Crippen LogP contribution in [0.1, 0.15) is 16.8 Å². The number of ether oxygens (including phenoxy) is 1. The molecule has 0 bridgehead atoms. The number of hydrogen-bond donors (Lipinski definition) is 0. The van der Waals surface area contributed by atoms with E-state index in [0.717, 1.165) is 22.7 Å². The molecule has 4 aromatic rings. The van der Waals surface area contributed by atoms with Gasteiger partial charge in [0.2, 0.25) is 0 Å². The summed E-state index contributed by atoms with van der Waals surface area (Å²) in [5, 5.41) is 0. The van der Waals surface area contributed by atoms with Gasteiger partial charge in [0.05, 0.1) is 19.1 Å². The number of oxazole rings is 1. The van der Waals surface area contributed by atoms with Crippen molar-refractivity contribution >= 4 is 6.01 Å². The van der Waals surface area contributed by atoms with Crippen molar-refractivity contribution in [1.82, 2.24) is 14.5 Å². The van der Waals surface area contributed by atoms with Gasteiger partial charge >= 0.3 is 0 Å². The Balaban J connectivity index is 1.57. The van der Waals surface area contributed by atoms with Crippen molar-refractivity contribution in [2.45, 2.75) is 20.0 Å². The fourth-order valence-corrected chi connectivity index (χ4v) is 3.07. The zero-order valence-corrected chi connectivity index (χ0v) is 15.9. The second-order valence-electron chi connectivity index (χ2n) is 6.62. The SMILES string of the molecule is COc1cccc(CN(Cc2ccc(-n3ccnc3)cc2)c2nc(C)co2)c1. The van der Waals surface area contributed by atoms with E-state index in [2.05, 4.69) is 45.2 Å². The Kier molecular flexibility index (Phi) is 5.10. The van der Waals surface area contributed by atoms with Crippen LogP contribution >= 0.6 is 0 Å². The van der Waals surface area contributed by atoms with Crippen LogP contribution in [0.25, 0.3) is 5.69 Å². The molecule has 0 aliphatic carbocycles. The van der Waals surface area contributed by atoms with Crippen molar-refractivity contribution < 1.29 is 9.15 Å². The van der Waals surface area contributed by atoms with Crippen molar-refractivity contribution in [1.29, 1.82) is 0 Å². The van der Waals surface area contributed by atoms with Crippen LogP contribution in [0.5, 0.6) is 5.75 Å². The van der Waals surface area contributed by atoms with Gasteiger partial charge in [-0.15, -0.1) is 0 Å². The minimum absolute atomic E-state index is 0.610. The van der Waals surface area contributed by atoms with Gasteiger partial charge in [-0.25, -0.2) is 4.98 Å². The van der Waals surface area contributed by atoms with Crippen LogP contribution in [0.3, 0.4) is 0 Å². The van der Waals surface area contributed by atoms with Gasteiger partial charge in [-0.1, -0.05) is 24.3 Å². The van der Waals surface area contributed by atoms with E-state index in [-0.39, 0.29) is 0 Å². The Labute approximate surface area is 164 Å². The Morgan fingerprint density at radius 3 is 2.57 bits per heavy atom. The second kappa shape index (κ2) is 8.00. The third-order valence-electron chi connectivity index (χ3n) is 4.50. The van der Waals surface area contributed by atoms with E-state index in [9.17, 15) is 0 Å². The van der Waals surface area contributed by atoms with E-state index in [0.29, 0.717) is 19.1 Å². The first-order valence-electron chi connectivity index (χ1n) is 9.08. The summed E-state index contributed by atoms with van der Waals surface area (Å²) in [6, 6.07) is 17.1. The molecular formula is C22H22N4O2. The van der Waals surface area contributed by atoms with Crippen molar-refractivity contribution in [3.8, 4) is 11.4 Å². The monoisotopic (exact) mass is 374 g/mol. The predicted molar refractivity (Wildman–Crippen MR) is 108 cm³/mol. The van der Waals surface area contributed by atoms with Gasteiger partial charge in [0.25, 0.3) is 6.01 Å². The molecule has 0 saturated heterocycles. The quantitative estimate of drug-likeness (QED) is 0.480. The van der Waals surface area contributed by atoms with E-state index in [1.165, 1.54) is 5.56 Å². The minimum atomic E-state index is 0.610. The summed E-state index contributed by atoms with van der Waals surface area (Å²) in [4.78, 5) is 10.7. The smallest absolute Gasteiger partial charge is 0.298 e. The molecule has 28 heavy (non-hydrogen) atoms. The summed E-state index contributed by atoms with van der Waals surface area (Å²) < 4.78 is 13.0. The van der Waals surface area contributed by atoms with Crippen LogP contribution in [-0.2, 0) is 13.1 Å². The summed E-state index contributed by atoms with van der Waals surface area (Å²) in [5.74, 6) is 0.839. The first-order valence-corrected chi connectivity index (χ1v) is 9.08. The lowest BCUT2D eigenvalue weighted by Crippen LogP contribution is -2.22. The maximum absolute atomic E-state index is 5.68. The van der Waals surface area contributed by atoms with E-state index >= 15 is 0 Å². The standard InChI is InChI=1S/C22H22N4O2/c1-17-15-28-22(24-17)26(14-19-4-3-5-21(12-19)27-2)13-18-6-8-20(9-7-18)25-11-10-23-16-25/h3-12,15-16H,13-14H2,1-2H3. The zero-order valence-electron chi connectivity index (χ0n) is 15.9. The summed E-state index contributed by atoms with van der Waals surface area (Å²) in [7, 11) is 1.68. The molecule has 0 radical (unpaired) electrons. The Morgan fingerprint density at radius 1 is 1.07 bits per heavy atom. The van der Waals surface area contributed by atoms with Gasteiger partial charge in [-0.05, 0) is 42.3 Å². The molecule has 6 heteroatoms. The molecule has 6 nitrogen and oxygen atoms in total. The topological polar surface area (TPSA) is 56.3 Å². The highest BCUT2D eigenvalue weighted by Crippen LogP contribution is 2.22. The number of aromatic nitrogens is 3. The number of methoxy groups -OCH3 is 1. The molecule has 0 fully saturated rings. The number of rotatable bonds is 7. The van der Waals surface area contributed by atoms with Crippen molar-refractivity contribution in [2.75, 3.05) is 12.0 Å². The molecule has 0 saturated carbocycles. The number of nitrogens with zero attached hydrogens (tertiary/aromatic N) is 4. The molecule has 0 N–H and O–H groups in total.